The summed E-state index contributed by atoms with van der Waals surface area (Å²) in [4.78, 5) is 26.8. The summed E-state index contributed by atoms with van der Waals surface area (Å²) < 4.78 is 5.33. The molecule has 3 aromatic rings. The number of hydrogen-bond donors (Lipinski definition) is 0. The van der Waals surface area contributed by atoms with E-state index in [4.69, 9.17) is 4.52 Å². The fourth-order valence-electron chi connectivity index (χ4n) is 3.04. The summed E-state index contributed by atoms with van der Waals surface area (Å²) in [5.74, 6) is 1.48. The summed E-state index contributed by atoms with van der Waals surface area (Å²) in [7, 11) is 0. The lowest BCUT2D eigenvalue weighted by molar-refractivity contribution is 0.0781. The highest BCUT2D eigenvalue weighted by molar-refractivity contribution is 5.92. The Hall–Kier alpha value is -3.09. The normalized spacial score (nSPS) is 17.0. The zero-order valence-electron chi connectivity index (χ0n) is 13.6. The molecule has 1 fully saturated rings. The van der Waals surface area contributed by atoms with Crippen molar-refractivity contribution in [2.75, 3.05) is 13.1 Å². The maximum absolute atomic E-state index is 12.4. The van der Waals surface area contributed by atoms with E-state index in [2.05, 4.69) is 20.1 Å². The van der Waals surface area contributed by atoms with Gasteiger partial charge < -0.3 is 9.42 Å². The van der Waals surface area contributed by atoms with Crippen LogP contribution in [0, 0.1) is 5.92 Å². The number of likely N-dealkylation sites (tertiary alicyclic amines) is 1. The van der Waals surface area contributed by atoms with Crippen LogP contribution in [0.1, 0.15) is 22.7 Å². The number of pyridine rings is 2. The van der Waals surface area contributed by atoms with Crippen LogP contribution in [-0.2, 0) is 6.42 Å². The fourth-order valence-corrected chi connectivity index (χ4v) is 3.04. The third-order valence-corrected chi connectivity index (χ3v) is 4.32. The minimum absolute atomic E-state index is 0.0197. The molecule has 1 aliphatic heterocycles. The molecular weight excluding hydrogens is 318 g/mol. The van der Waals surface area contributed by atoms with E-state index in [1.807, 2.05) is 23.1 Å². The van der Waals surface area contributed by atoms with E-state index in [-0.39, 0.29) is 5.91 Å². The van der Waals surface area contributed by atoms with Gasteiger partial charge in [-0.3, -0.25) is 14.8 Å². The number of aromatic nitrogens is 4. The zero-order chi connectivity index (χ0) is 17.1. The van der Waals surface area contributed by atoms with Crippen molar-refractivity contribution < 1.29 is 9.32 Å². The molecule has 1 aliphatic rings. The van der Waals surface area contributed by atoms with Gasteiger partial charge in [-0.2, -0.15) is 4.98 Å². The summed E-state index contributed by atoms with van der Waals surface area (Å²) in [5.41, 5.74) is 1.34. The molecule has 0 bridgehead atoms. The molecule has 1 unspecified atom stereocenters. The van der Waals surface area contributed by atoms with E-state index in [0.717, 1.165) is 18.5 Å². The number of rotatable bonds is 4. The summed E-state index contributed by atoms with van der Waals surface area (Å²) in [6.07, 6.45) is 6.65. The van der Waals surface area contributed by atoms with Gasteiger partial charge in [-0.05, 0) is 36.6 Å². The van der Waals surface area contributed by atoms with E-state index in [1.54, 1.807) is 30.7 Å². The Morgan fingerprint density at radius 3 is 2.88 bits per heavy atom. The average Bonchev–Trinajstić information content (AvgIpc) is 3.33. The van der Waals surface area contributed by atoms with Gasteiger partial charge in [0, 0.05) is 43.7 Å². The van der Waals surface area contributed by atoms with Gasteiger partial charge in [0.1, 0.15) is 5.69 Å². The van der Waals surface area contributed by atoms with Gasteiger partial charge >= 0.3 is 0 Å². The first-order valence-corrected chi connectivity index (χ1v) is 8.23. The Balaban J connectivity index is 1.39. The minimum Gasteiger partial charge on any atom is -0.337 e. The lowest BCUT2D eigenvalue weighted by Gasteiger charge is -2.15. The van der Waals surface area contributed by atoms with Crippen LogP contribution in [0.2, 0.25) is 0 Å². The molecule has 25 heavy (non-hydrogen) atoms. The summed E-state index contributed by atoms with van der Waals surface area (Å²) >= 11 is 0. The van der Waals surface area contributed by atoms with Crippen LogP contribution >= 0.6 is 0 Å². The number of carbonyl (C=O) groups is 1. The van der Waals surface area contributed by atoms with E-state index in [9.17, 15) is 4.79 Å². The molecule has 3 aromatic heterocycles. The van der Waals surface area contributed by atoms with Crippen LogP contribution in [0.4, 0.5) is 0 Å². The highest BCUT2D eigenvalue weighted by atomic mass is 16.5. The van der Waals surface area contributed by atoms with Gasteiger partial charge in [-0.25, -0.2) is 0 Å². The van der Waals surface area contributed by atoms with Gasteiger partial charge in [0.05, 0.1) is 0 Å². The molecule has 126 valence electrons. The second kappa shape index (κ2) is 6.80. The molecule has 4 heterocycles. The van der Waals surface area contributed by atoms with Gasteiger partial charge in [0.25, 0.3) is 11.8 Å². The van der Waals surface area contributed by atoms with Crippen LogP contribution in [0.15, 0.2) is 53.4 Å². The van der Waals surface area contributed by atoms with Crippen molar-refractivity contribution in [2.24, 2.45) is 5.92 Å². The largest absolute Gasteiger partial charge is 0.337 e. The average molecular weight is 335 g/mol. The number of carbonyl (C=O) groups excluding carboxylic acids is 1. The summed E-state index contributed by atoms with van der Waals surface area (Å²) in [6, 6.07) is 9.05. The first-order chi connectivity index (χ1) is 12.3. The fraction of sp³-hybridized carbons (Fsp3) is 0.278. The van der Waals surface area contributed by atoms with E-state index < -0.39 is 0 Å². The zero-order valence-corrected chi connectivity index (χ0v) is 13.6. The second-order valence-electron chi connectivity index (χ2n) is 6.08. The van der Waals surface area contributed by atoms with Crippen LogP contribution < -0.4 is 0 Å². The molecule has 0 aromatic carbocycles. The Kier molecular flexibility index (Phi) is 4.20. The van der Waals surface area contributed by atoms with Gasteiger partial charge in [0.15, 0.2) is 5.82 Å². The van der Waals surface area contributed by atoms with Crippen molar-refractivity contribution in [3.05, 3.63) is 60.4 Å². The minimum atomic E-state index is -0.0197. The first-order valence-electron chi connectivity index (χ1n) is 8.23. The predicted octanol–water partition coefficient (Wildman–Crippen LogP) is 2.23. The number of hydrogen-bond acceptors (Lipinski definition) is 6. The number of amides is 1. The SMILES string of the molecule is O=C(c1ccccn1)N1CCC(Cc2noc(-c3ccncc3)n2)C1. The highest BCUT2D eigenvalue weighted by Gasteiger charge is 2.28. The lowest BCUT2D eigenvalue weighted by atomic mass is 10.1. The molecule has 7 nitrogen and oxygen atoms in total. The molecular formula is C18H17N5O2. The monoisotopic (exact) mass is 335 g/mol. The van der Waals surface area contributed by atoms with Crippen molar-refractivity contribution in [3.63, 3.8) is 0 Å². The molecule has 1 saturated heterocycles. The first kappa shape index (κ1) is 15.4. The van der Waals surface area contributed by atoms with Crippen LogP contribution in [0.5, 0.6) is 0 Å². The standard InChI is InChI=1S/C18H17N5O2/c24-18(15-3-1-2-7-20-15)23-10-6-13(12-23)11-16-21-17(25-22-16)14-4-8-19-9-5-14/h1-5,7-9,13H,6,10-12H2. The van der Waals surface area contributed by atoms with E-state index in [0.29, 0.717) is 36.3 Å². The van der Waals surface area contributed by atoms with Crippen molar-refractivity contribution in [1.82, 2.24) is 25.0 Å². The van der Waals surface area contributed by atoms with Crippen molar-refractivity contribution in [1.29, 1.82) is 0 Å². The highest BCUT2D eigenvalue weighted by Crippen LogP contribution is 2.23. The maximum Gasteiger partial charge on any atom is 0.272 e. The van der Waals surface area contributed by atoms with Crippen LogP contribution in [0.3, 0.4) is 0 Å². The predicted molar refractivity (Wildman–Crippen MR) is 89.5 cm³/mol. The third-order valence-electron chi connectivity index (χ3n) is 4.32. The van der Waals surface area contributed by atoms with Gasteiger partial charge in [0.2, 0.25) is 0 Å². The Morgan fingerprint density at radius 2 is 2.08 bits per heavy atom. The lowest BCUT2D eigenvalue weighted by Crippen LogP contribution is -2.29. The molecule has 0 N–H and O–H groups in total. The molecule has 0 spiro atoms. The Labute approximate surface area is 144 Å². The third kappa shape index (κ3) is 3.40. The summed E-state index contributed by atoms with van der Waals surface area (Å²) in [6.45, 7) is 1.42. The Morgan fingerprint density at radius 1 is 1.20 bits per heavy atom. The summed E-state index contributed by atoms with van der Waals surface area (Å²) in [5, 5.41) is 4.06. The molecule has 1 atom stereocenters. The quantitative estimate of drug-likeness (QED) is 0.727. The van der Waals surface area contributed by atoms with Crippen LogP contribution in [0.25, 0.3) is 11.5 Å². The Bertz CT molecular complexity index is 850. The number of nitrogens with zero attached hydrogens (tertiary/aromatic N) is 5. The van der Waals surface area contributed by atoms with Crippen molar-refractivity contribution >= 4 is 5.91 Å². The molecule has 4 rings (SSSR count). The van der Waals surface area contributed by atoms with E-state index >= 15 is 0 Å². The molecule has 0 radical (unpaired) electrons. The molecule has 1 amide bonds. The van der Waals surface area contributed by atoms with Gasteiger partial charge in [-0.1, -0.05) is 11.2 Å². The maximum atomic E-state index is 12.4. The van der Waals surface area contributed by atoms with Gasteiger partial charge in [-0.15, -0.1) is 0 Å². The molecule has 0 aliphatic carbocycles. The van der Waals surface area contributed by atoms with E-state index in [1.165, 1.54) is 0 Å². The smallest absolute Gasteiger partial charge is 0.272 e. The molecule has 0 saturated carbocycles. The van der Waals surface area contributed by atoms with Crippen LogP contribution in [-0.4, -0.2) is 44.0 Å². The topological polar surface area (TPSA) is 85.0 Å². The van der Waals surface area contributed by atoms with Crippen molar-refractivity contribution in [2.45, 2.75) is 12.8 Å². The molecule has 7 heteroatoms. The second-order valence-corrected chi connectivity index (χ2v) is 6.08. The van der Waals surface area contributed by atoms with Crippen molar-refractivity contribution in [3.8, 4) is 11.5 Å².